The van der Waals surface area contributed by atoms with Gasteiger partial charge in [0.05, 0.1) is 0 Å². The maximum absolute atomic E-state index is 4.66. The number of methoxy groups -OCH3 is 1. The molecular formula is C10H9O. The van der Waals surface area contributed by atoms with E-state index in [1.807, 2.05) is 30.3 Å². The summed E-state index contributed by atoms with van der Waals surface area (Å²) >= 11 is 0. The van der Waals surface area contributed by atoms with Crippen molar-refractivity contribution in [1.29, 1.82) is 0 Å². The van der Waals surface area contributed by atoms with Crippen LogP contribution in [0, 0.1) is 18.4 Å². The molecule has 0 saturated carbocycles. The van der Waals surface area contributed by atoms with Gasteiger partial charge in [-0.2, -0.15) is 0 Å². The molecule has 0 bridgehead atoms. The summed E-state index contributed by atoms with van der Waals surface area (Å²) in [4.78, 5) is 0. The lowest BCUT2D eigenvalue weighted by Crippen LogP contribution is -1.74. The van der Waals surface area contributed by atoms with Crippen molar-refractivity contribution in [1.82, 2.24) is 0 Å². The molecule has 0 amide bonds. The van der Waals surface area contributed by atoms with Crippen LogP contribution >= 0.6 is 0 Å². The summed E-state index contributed by atoms with van der Waals surface area (Å²) in [6, 6.07) is 9.78. The Morgan fingerprint density at radius 3 is 2.64 bits per heavy atom. The molecular weight excluding hydrogens is 136 g/mol. The predicted octanol–water partition coefficient (Wildman–Crippen LogP) is 1.85. The molecule has 55 valence electrons. The highest BCUT2D eigenvalue weighted by atomic mass is 16.5. The molecule has 0 N–H and O–H groups in total. The van der Waals surface area contributed by atoms with Crippen molar-refractivity contribution in [2.45, 2.75) is 0 Å². The van der Waals surface area contributed by atoms with E-state index in [4.69, 9.17) is 0 Å². The average Bonchev–Trinajstić information content (AvgIpc) is 2.07. The highest BCUT2D eigenvalue weighted by molar-refractivity contribution is 5.34. The zero-order valence-corrected chi connectivity index (χ0v) is 6.37. The molecule has 0 spiro atoms. The molecule has 1 aromatic carbocycles. The molecule has 0 aliphatic carbocycles. The van der Waals surface area contributed by atoms with Gasteiger partial charge in [-0.15, -0.1) is 0 Å². The van der Waals surface area contributed by atoms with Crippen LogP contribution in [-0.2, 0) is 4.74 Å². The van der Waals surface area contributed by atoms with Crippen LogP contribution < -0.4 is 0 Å². The summed E-state index contributed by atoms with van der Waals surface area (Å²) in [6.07, 6.45) is 0. The highest BCUT2D eigenvalue weighted by Gasteiger charge is 1.79. The monoisotopic (exact) mass is 145 g/mol. The average molecular weight is 145 g/mol. The maximum Gasteiger partial charge on any atom is 0.155 e. The molecule has 1 aromatic rings. The fourth-order valence-electron chi connectivity index (χ4n) is 0.693. The lowest BCUT2D eigenvalue weighted by atomic mass is 10.2. The van der Waals surface area contributed by atoms with E-state index in [2.05, 4.69) is 16.6 Å². The summed E-state index contributed by atoms with van der Waals surface area (Å²) < 4.78 is 4.66. The van der Waals surface area contributed by atoms with E-state index in [9.17, 15) is 0 Å². The van der Waals surface area contributed by atoms with E-state index in [-0.39, 0.29) is 0 Å². The van der Waals surface area contributed by atoms with Crippen molar-refractivity contribution < 1.29 is 4.74 Å². The molecule has 1 radical (unpaired) electrons. The van der Waals surface area contributed by atoms with Crippen molar-refractivity contribution in [3.05, 3.63) is 42.5 Å². The first-order valence-corrected chi connectivity index (χ1v) is 3.34. The Morgan fingerprint density at radius 2 is 2.00 bits per heavy atom. The molecule has 1 rings (SSSR count). The lowest BCUT2D eigenvalue weighted by Gasteiger charge is -1.85. The van der Waals surface area contributed by atoms with Crippen LogP contribution in [0.2, 0.25) is 0 Å². The summed E-state index contributed by atoms with van der Waals surface area (Å²) in [7, 11) is 1.58. The van der Waals surface area contributed by atoms with Gasteiger partial charge < -0.3 is 4.74 Å². The van der Waals surface area contributed by atoms with E-state index >= 15 is 0 Å². The molecule has 0 unspecified atom stereocenters. The predicted molar refractivity (Wildman–Crippen MR) is 44.6 cm³/mol. The van der Waals surface area contributed by atoms with Gasteiger partial charge in [0.15, 0.2) is 6.61 Å². The Balaban J connectivity index is 2.59. The molecule has 0 heterocycles. The first kappa shape index (κ1) is 7.84. The molecule has 0 aliphatic rings. The molecule has 0 atom stereocenters. The Bertz CT molecular complexity index is 253. The number of benzene rings is 1. The summed E-state index contributed by atoms with van der Waals surface area (Å²) in [5, 5.41) is 0. The zero-order valence-electron chi connectivity index (χ0n) is 6.37. The zero-order chi connectivity index (χ0) is 7.94. The number of hydrogen-bond donors (Lipinski definition) is 0. The molecule has 0 aromatic heterocycles. The summed E-state index contributed by atoms with van der Waals surface area (Å²) in [5.41, 5.74) is 1.00. The summed E-state index contributed by atoms with van der Waals surface area (Å²) in [6.45, 7) is 1.47. The standard InChI is InChI=1S/C10H9O/c1-11-9-5-8-10-6-3-2-4-7-10/h2-4,6-7,9H,1H3. The largest absolute Gasteiger partial charge is 0.365 e. The van der Waals surface area contributed by atoms with Crippen molar-refractivity contribution in [3.63, 3.8) is 0 Å². The van der Waals surface area contributed by atoms with Gasteiger partial charge in [0.25, 0.3) is 0 Å². The van der Waals surface area contributed by atoms with Crippen LogP contribution in [0.1, 0.15) is 5.56 Å². The Hall–Kier alpha value is -1.26. The van der Waals surface area contributed by atoms with Crippen LogP contribution in [-0.4, -0.2) is 7.11 Å². The number of hydrogen-bond acceptors (Lipinski definition) is 1. The normalized spacial score (nSPS) is 8.45. The van der Waals surface area contributed by atoms with Crippen LogP contribution in [0.15, 0.2) is 30.3 Å². The van der Waals surface area contributed by atoms with Gasteiger partial charge in [-0.1, -0.05) is 30.0 Å². The van der Waals surface area contributed by atoms with E-state index in [0.717, 1.165) is 5.56 Å². The maximum atomic E-state index is 4.66. The van der Waals surface area contributed by atoms with Crippen LogP contribution in [0.25, 0.3) is 0 Å². The van der Waals surface area contributed by atoms with Crippen molar-refractivity contribution in [3.8, 4) is 11.8 Å². The van der Waals surface area contributed by atoms with Gasteiger partial charge in [-0.05, 0) is 12.1 Å². The third-order valence-corrected chi connectivity index (χ3v) is 1.17. The second-order valence-corrected chi connectivity index (χ2v) is 1.99. The molecule has 11 heavy (non-hydrogen) atoms. The van der Waals surface area contributed by atoms with Crippen molar-refractivity contribution in [2.24, 2.45) is 0 Å². The SMILES string of the molecule is CO[CH]C#Cc1ccccc1. The van der Waals surface area contributed by atoms with Gasteiger partial charge in [-0.3, -0.25) is 0 Å². The fourth-order valence-corrected chi connectivity index (χ4v) is 0.693. The quantitative estimate of drug-likeness (QED) is 0.548. The minimum Gasteiger partial charge on any atom is -0.365 e. The van der Waals surface area contributed by atoms with Crippen LogP contribution in [0.5, 0.6) is 0 Å². The van der Waals surface area contributed by atoms with Gasteiger partial charge in [0.1, 0.15) is 0 Å². The summed E-state index contributed by atoms with van der Waals surface area (Å²) in [5.74, 6) is 5.67. The molecule has 1 nitrogen and oxygen atoms in total. The smallest absolute Gasteiger partial charge is 0.155 e. The topological polar surface area (TPSA) is 9.23 Å². The first-order chi connectivity index (χ1) is 5.43. The van der Waals surface area contributed by atoms with Crippen molar-refractivity contribution >= 4 is 0 Å². The molecule has 1 heteroatoms. The van der Waals surface area contributed by atoms with E-state index in [1.54, 1.807) is 7.11 Å². The third-order valence-electron chi connectivity index (χ3n) is 1.17. The lowest BCUT2D eigenvalue weighted by molar-refractivity contribution is 0.301. The van der Waals surface area contributed by atoms with E-state index < -0.39 is 0 Å². The van der Waals surface area contributed by atoms with Gasteiger partial charge >= 0.3 is 0 Å². The second-order valence-electron chi connectivity index (χ2n) is 1.99. The molecule has 0 saturated heterocycles. The molecule has 0 fully saturated rings. The number of ether oxygens (including phenoxy) is 1. The number of rotatable bonds is 1. The van der Waals surface area contributed by atoms with Crippen molar-refractivity contribution in [2.75, 3.05) is 7.11 Å². The van der Waals surface area contributed by atoms with Gasteiger partial charge in [0, 0.05) is 12.7 Å². The van der Waals surface area contributed by atoms with Gasteiger partial charge in [0.2, 0.25) is 0 Å². The highest BCUT2D eigenvalue weighted by Crippen LogP contribution is 1.94. The minimum absolute atomic E-state index is 1.00. The van der Waals surface area contributed by atoms with E-state index in [1.165, 1.54) is 6.61 Å². The minimum atomic E-state index is 1.00. The second kappa shape index (κ2) is 4.54. The fraction of sp³-hybridized carbons (Fsp3) is 0.100. The van der Waals surface area contributed by atoms with Crippen LogP contribution in [0.4, 0.5) is 0 Å². The van der Waals surface area contributed by atoms with Crippen LogP contribution in [0.3, 0.4) is 0 Å². The first-order valence-electron chi connectivity index (χ1n) is 3.34. The third kappa shape index (κ3) is 2.88. The molecule has 0 aliphatic heterocycles. The van der Waals surface area contributed by atoms with Gasteiger partial charge in [-0.25, -0.2) is 0 Å². The Morgan fingerprint density at radius 1 is 1.27 bits per heavy atom. The Kier molecular flexibility index (Phi) is 3.24. The van der Waals surface area contributed by atoms with E-state index in [0.29, 0.717) is 0 Å². The Labute approximate surface area is 67.0 Å².